The highest BCUT2D eigenvalue weighted by Crippen LogP contribution is 2.44. The van der Waals surface area contributed by atoms with E-state index < -0.39 is 35.0 Å². The number of piperidine rings is 1. The van der Waals surface area contributed by atoms with Gasteiger partial charge in [0.05, 0.1) is 30.9 Å². The third-order valence-electron chi connectivity index (χ3n) is 8.25. The molecule has 0 amide bonds. The molecule has 0 spiro atoms. The molecule has 6 nitrogen and oxygen atoms in total. The van der Waals surface area contributed by atoms with E-state index in [1.807, 2.05) is 19.0 Å². The molecule has 0 unspecified atom stereocenters. The minimum atomic E-state index is -1.47. The smallest absolute Gasteiger partial charge is 0.303 e. The van der Waals surface area contributed by atoms with Crippen molar-refractivity contribution in [2.24, 2.45) is 5.41 Å². The SMILES string of the molecule is COc1ccc2ncc(N(C)C)c([C@H](F)CCC3(CC(=O)O)CCN(CCCc4cc(F)c(F)c(F)c4)CC3)c2c1. The summed E-state index contributed by atoms with van der Waals surface area (Å²) in [5.41, 5.74) is 1.71. The number of aliphatic carboxylic acids is 1. The number of aromatic nitrogens is 1. The summed E-state index contributed by atoms with van der Waals surface area (Å²) in [5.74, 6) is -4.15. The standard InChI is InChI=1S/C31H37F4N3O3/c1-37(2)27-19-36-26-7-6-21(41-3)17-22(26)29(27)23(32)8-9-31(18-28(39)40)10-13-38(14-11-31)12-4-5-20-15-24(33)30(35)25(34)16-20/h6-7,15-17,19,23H,4-5,8-14,18H2,1-3H3,(H,39,40)/t23-/m1/s1. The van der Waals surface area contributed by atoms with Crippen LogP contribution in [-0.2, 0) is 11.2 Å². The Bertz CT molecular complexity index is 1350. The van der Waals surface area contributed by atoms with Crippen molar-refractivity contribution in [2.45, 2.75) is 51.1 Å². The van der Waals surface area contributed by atoms with Crippen LogP contribution in [0.4, 0.5) is 23.2 Å². The van der Waals surface area contributed by atoms with Crippen LogP contribution in [-0.4, -0.2) is 61.8 Å². The Balaban J connectivity index is 1.42. The van der Waals surface area contributed by atoms with Crippen molar-refractivity contribution >= 4 is 22.6 Å². The number of aryl methyl sites for hydroxylation is 1. The lowest BCUT2D eigenvalue weighted by molar-refractivity contribution is -0.141. The van der Waals surface area contributed by atoms with Gasteiger partial charge in [0.1, 0.15) is 11.9 Å². The number of nitrogens with zero attached hydrogens (tertiary/aromatic N) is 3. The number of anilines is 1. The fraction of sp³-hybridized carbons (Fsp3) is 0.484. The van der Waals surface area contributed by atoms with E-state index >= 15 is 4.39 Å². The molecule has 222 valence electrons. The van der Waals surface area contributed by atoms with E-state index in [0.29, 0.717) is 85.2 Å². The maximum Gasteiger partial charge on any atom is 0.303 e. The summed E-state index contributed by atoms with van der Waals surface area (Å²) in [5, 5.41) is 10.4. The average molecular weight is 576 g/mol. The molecule has 1 aliphatic heterocycles. The molecule has 0 aliphatic carbocycles. The van der Waals surface area contributed by atoms with Crippen LogP contribution >= 0.6 is 0 Å². The number of benzene rings is 2. The third-order valence-corrected chi connectivity index (χ3v) is 8.25. The second-order valence-electron chi connectivity index (χ2n) is 11.2. The van der Waals surface area contributed by atoms with Crippen LogP contribution in [0.1, 0.15) is 55.8 Å². The molecule has 1 atom stereocenters. The van der Waals surface area contributed by atoms with E-state index in [9.17, 15) is 23.1 Å². The molecular weight excluding hydrogens is 538 g/mol. The normalized spacial score (nSPS) is 16.1. The average Bonchev–Trinajstić information content (AvgIpc) is 2.94. The Hall–Kier alpha value is -3.40. The maximum atomic E-state index is 16.1. The Labute approximate surface area is 237 Å². The molecular formula is C31H37F4N3O3. The fourth-order valence-corrected chi connectivity index (χ4v) is 5.92. The molecule has 4 rings (SSSR count). The van der Waals surface area contributed by atoms with E-state index in [2.05, 4.69) is 9.88 Å². The molecule has 2 aromatic carbocycles. The lowest BCUT2D eigenvalue weighted by atomic mass is 9.71. The van der Waals surface area contributed by atoms with Gasteiger partial charge in [-0.05, 0) is 99.5 Å². The van der Waals surface area contributed by atoms with Crippen molar-refractivity contribution in [2.75, 3.05) is 45.7 Å². The molecule has 0 bridgehead atoms. The van der Waals surface area contributed by atoms with E-state index in [-0.39, 0.29) is 12.8 Å². The van der Waals surface area contributed by atoms with E-state index in [1.54, 1.807) is 31.5 Å². The van der Waals surface area contributed by atoms with Crippen LogP contribution in [0.5, 0.6) is 5.75 Å². The molecule has 1 aliphatic rings. The number of hydrogen-bond acceptors (Lipinski definition) is 5. The van der Waals surface area contributed by atoms with Gasteiger partial charge in [-0.25, -0.2) is 17.6 Å². The Morgan fingerprint density at radius 2 is 1.83 bits per heavy atom. The predicted octanol–water partition coefficient (Wildman–Crippen LogP) is 6.71. The largest absolute Gasteiger partial charge is 0.497 e. The van der Waals surface area contributed by atoms with E-state index in [0.717, 1.165) is 12.1 Å². The second kappa shape index (κ2) is 13.1. The van der Waals surface area contributed by atoms with Crippen LogP contribution in [0.2, 0.25) is 0 Å². The number of ether oxygens (including phenoxy) is 1. The van der Waals surface area contributed by atoms with Crippen molar-refractivity contribution in [1.29, 1.82) is 0 Å². The van der Waals surface area contributed by atoms with Crippen LogP contribution < -0.4 is 9.64 Å². The van der Waals surface area contributed by atoms with Crippen molar-refractivity contribution in [3.8, 4) is 5.75 Å². The first-order valence-corrected chi connectivity index (χ1v) is 13.9. The number of carboxylic acid groups (broad SMARTS) is 1. The van der Waals surface area contributed by atoms with Crippen molar-refractivity contribution in [3.05, 3.63) is 65.1 Å². The summed E-state index contributed by atoms with van der Waals surface area (Å²) >= 11 is 0. The molecule has 1 saturated heterocycles. The Morgan fingerprint density at radius 3 is 2.44 bits per heavy atom. The van der Waals surface area contributed by atoms with Gasteiger partial charge in [0, 0.05) is 25.0 Å². The van der Waals surface area contributed by atoms with Crippen LogP contribution in [0.15, 0.2) is 36.5 Å². The number of carbonyl (C=O) groups is 1. The molecule has 41 heavy (non-hydrogen) atoms. The number of hydrogen-bond donors (Lipinski definition) is 1. The minimum Gasteiger partial charge on any atom is -0.497 e. The summed E-state index contributed by atoms with van der Waals surface area (Å²) in [6, 6.07) is 7.41. The molecule has 1 N–H and O–H groups in total. The number of methoxy groups -OCH3 is 1. The van der Waals surface area contributed by atoms with Gasteiger partial charge >= 0.3 is 5.97 Å². The zero-order chi connectivity index (χ0) is 29.7. The first kappa shape index (κ1) is 30.6. The van der Waals surface area contributed by atoms with Crippen molar-refractivity contribution in [3.63, 3.8) is 0 Å². The lowest BCUT2D eigenvalue weighted by Gasteiger charge is -2.41. The highest BCUT2D eigenvalue weighted by atomic mass is 19.2. The summed E-state index contributed by atoms with van der Waals surface area (Å²) < 4.78 is 61.7. The zero-order valence-electron chi connectivity index (χ0n) is 23.7. The summed E-state index contributed by atoms with van der Waals surface area (Å²) in [4.78, 5) is 20.3. The maximum absolute atomic E-state index is 16.1. The summed E-state index contributed by atoms with van der Waals surface area (Å²) in [6.45, 7) is 1.95. The molecule has 0 saturated carbocycles. The van der Waals surface area contributed by atoms with Gasteiger partial charge in [-0.3, -0.25) is 9.78 Å². The third kappa shape index (κ3) is 7.28. The number of likely N-dealkylation sites (tertiary alicyclic amines) is 1. The molecule has 2 heterocycles. The zero-order valence-corrected chi connectivity index (χ0v) is 23.7. The fourth-order valence-electron chi connectivity index (χ4n) is 5.92. The van der Waals surface area contributed by atoms with Gasteiger partial charge < -0.3 is 19.6 Å². The van der Waals surface area contributed by atoms with Gasteiger partial charge in [-0.15, -0.1) is 0 Å². The van der Waals surface area contributed by atoms with Gasteiger partial charge in [-0.2, -0.15) is 0 Å². The number of fused-ring (bicyclic) bond motifs is 1. The number of rotatable bonds is 12. The number of alkyl halides is 1. The summed E-state index contributed by atoms with van der Waals surface area (Å²) in [6.07, 6.45) is 3.13. The lowest BCUT2D eigenvalue weighted by Crippen LogP contribution is -2.41. The quantitative estimate of drug-likeness (QED) is 0.191. The highest BCUT2D eigenvalue weighted by molar-refractivity contribution is 5.88. The molecule has 3 aromatic rings. The van der Waals surface area contributed by atoms with Gasteiger partial charge in [-0.1, -0.05) is 0 Å². The molecule has 1 fully saturated rings. The van der Waals surface area contributed by atoms with Gasteiger partial charge in [0.15, 0.2) is 17.5 Å². The van der Waals surface area contributed by atoms with E-state index in [4.69, 9.17) is 4.74 Å². The van der Waals surface area contributed by atoms with Crippen molar-refractivity contribution < 1.29 is 32.2 Å². The molecule has 0 radical (unpaired) electrons. The first-order valence-electron chi connectivity index (χ1n) is 13.9. The molecule has 1 aromatic heterocycles. The number of halogens is 4. The highest BCUT2D eigenvalue weighted by Gasteiger charge is 2.37. The van der Waals surface area contributed by atoms with Crippen LogP contribution in [0.25, 0.3) is 10.9 Å². The number of pyridine rings is 1. The molecule has 10 heteroatoms. The minimum absolute atomic E-state index is 0.0346. The monoisotopic (exact) mass is 575 g/mol. The van der Waals surface area contributed by atoms with E-state index in [1.165, 1.54) is 0 Å². The first-order chi connectivity index (χ1) is 19.5. The second-order valence-corrected chi connectivity index (χ2v) is 11.2. The van der Waals surface area contributed by atoms with Crippen LogP contribution in [0, 0.1) is 22.9 Å². The van der Waals surface area contributed by atoms with Gasteiger partial charge in [0.2, 0.25) is 0 Å². The number of carboxylic acids is 1. The topological polar surface area (TPSA) is 65.9 Å². The van der Waals surface area contributed by atoms with Crippen LogP contribution in [0.3, 0.4) is 0 Å². The predicted molar refractivity (Wildman–Crippen MR) is 151 cm³/mol. The Kier molecular flexibility index (Phi) is 9.73. The Morgan fingerprint density at radius 1 is 1.15 bits per heavy atom. The van der Waals surface area contributed by atoms with Crippen molar-refractivity contribution in [1.82, 2.24) is 9.88 Å². The summed E-state index contributed by atoms with van der Waals surface area (Å²) in [7, 11) is 5.23. The van der Waals surface area contributed by atoms with Gasteiger partial charge in [0.25, 0.3) is 0 Å².